The van der Waals surface area contributed by atoms with Crippen LogP contribution in [0.15, 0.2) is 47.1 Å². The van der Waals surface area contributed by atoms with Crippen LogP contribution < -0.4 is 0 Å². The first-order valence-corrected chi connectivity index (χ1v) is 15.1. The molecule has 3 aliphatic carbocycles. The zero-order valence-electron chi connectivity index (χ0n) is 20.5. The first-order chi connectivity index (χ1) is 14.5. The highest BCUT2D eigenvalue weighted by Crippen LogP contribution is 2.57. The van der Waals surface area contributed by atoms with Crippen molar-refractivity contribution in [1.29, 1.82) is 0 Å². The van der Waals surface area contributed by atoms with Crippen molar-refractivity contribution >= 4 is 26.2 Å². The lowest BCUT2D eigenvalue weighted by atomic mass is 9.62. The third-order valence-corrected chi connectivity index (χ3v) is 11.7. The molecule has 1 nitrogen and oxygen atoms in total. The number of hydrogen-bond acceptors (Lipinski definition) is 2. The fourth-order valence-electron chi connectivity index (χ4n) is 5.91. The third-order valence-electron chi connectivity index (χ3n) is 7.53. The maximum Gasteiger partial charge on any atom is 0.0787 e. The number of aliphatic hydroxyl groups excluding tert-OH is 1. The van der Waals surface area contributed by atoms with Crippen LogP contribution in [0.1, 0.15) is 86.0 Å². The monoisotopic (exact) mass is 460 g/mol. The van der Waals surface area contributed by atoms with Gasteiger partial charge in [-0.2, -0.15) is 0 Å². The van der Waals surface area contributed by atoms with Crippen molar-refractivity contribution in [2.24, 2.45) is 17.3 Å². The van der Waals surface area contributed by atoms with Gasteiger partial charge in [0.05, 0.1) is 6.10 Å². The van der Waals surface area contributed by atoms with Crippen LogP contribution in [0.3, 0.4) is 0 Å². The van der Waals surface area contributed by atoms with Gasteiger partial charge < -0.3 is 5.11 Å². The summed E-state index contributed by atoms with van der Waals surface area (Å²) in [5.41, 5.74) is 5.86. The lowest BCUT2D eigenvalue weighted by Crippen LogP contribution is -2.32. The lowest BCUT2D eigenvalue weighted by molar-refractivity contribution is 0.191. The first kappa shape index (κ1) is 25.1. The summed E-state index contributed by atoms with van der Waals surface area (Å²) in [4.78, 5) is 0. The molecule has 1 N–H and O–H groups in total. The number of fused-ring (bicyclic) bond motifs is 1. The minimum Gasteiger partial charge on any atom is -0.388 e. The highest BCUT2D eigenvalue weighted by molar-refractivity contribution is 8.83. The van der Waals surface area contributed by atoms with Crippen LogP contribution in [-0.4, -0.2) is 27.6 Å². The van der Waals surface area contributed by atoms with E-state index >= 15 is 0 Å². The van der Waals surface area contributed by atoms with E-state index in [0.29, 0.717) is 22.0 Å². The summed E-state index contributed by atoms with van der Waals surface area (Å²) in [6.45, 7) is 16.0. The summed E-state index contributed by atoms with van der Waals surface area (Å²) in [7, 11) is 2.23. The minimum atomic E-state index is -0.343. The van der Waals surface area contributed by atoms with Crippen LogP contribution in [0, 0.1) is 17.3 Å². The van der Waals surface area contributed by atoms with Crippen molar-refractivity contribution in [1.82, 2.24) is 0 Å². The van der Waals surface area contributed by atoms with Crippen molar-refractivity contribution < 1.29 is 5.11 Å². The molecule has 0 radical (unpaired) electrons. The van der Waals surface area contributed by atoms with Gasteiger partial charge >= 0.3 is 0 Å². The molecule has 31 heavy (non-hydrogen) atoms. The number of allylic oxidation sites excluding steroid dienone is 5. The van der Waals surface area contributed by atoms with Crippen LogP contribution in [-0.2, 0) is 0 Å². The van der Waals surface area contributed by atoms with Crippen LogP contribution in [0.25, 0.3) is 0 Å². The standard InChI is InChI=1S/C28H44OS2/c1-20(17-19-31(7)30-27(3,4)5)24-15-16-25-23(11-9-18-28(24,25)6)14-13-22-10-8-12-26(29)21(22)2/h13-15,20,25-26,29H,2,7-12,16-19H2,1,3-6H3/b22-13-,23-14+/t20-,25?,26?,28?,31?/m1/s1. The Hall–Kier alpha value is -0.510. The van der Waals surface area contributed by atoms with Gasteiger partial charge in [0.25, 0.3) is 0 Å². The molecular formula is C28H44OS2. The molecule has 0 spiro atoms. The zero-order valence-corrected chi connectivity index (χ0v) is 22.1. The van der Waals surface area contributed by atoms with Crippen LogP contribution in [0.2, 0.25) is 0 Å². The number of rotatable bonds is 6. The molecule has 0 aromatic rings. The third kappa shape index (κ3) is 6.09. The fourth-order valence-corrected chi connectivity index (χ4v) is 9.97. The molecule has 0 heterocycles. The normalized spacial score (nSPS) is 34.0. The average molecular weight is 461 g/mol. The van der Waals surface area contributed by atoms with Gasteiger partial charge in [0.2, 0.25) is 0 Å². The topological polar surface area (TPSA) is 20.2 Å². The smallest absolute Gasteiger partial charge is 0.0787 e. The summed E-state index contributed by atoms with van der Waals surface area (Å²) >= 11 is 0. The molecule has 0 amide bonds. The van der Waals surface area contributed by atoms with Gasteiger partial charge in [-0.3, -0.25) is 0 Å². The van der Waals surface area contributed by atoms with Crippen molar-refractivity contribution in [3.8, 4) is 0 Å². The molecule has 2 saturated carbocycles. The van der Waals surface area contributed by atoms with E-state index in [1.165, 1.54) is 43.4 Å². The van der Waals surface area contributed by atoms with Crippen LogP contribution in [0.5, 0.6) is 0 Å². The van der Waals surface area contributed by atoms with E-state index in [9.17, 15) is 5.11 Å². The molecule has 0 saturated heterocycles. The molecule has 3 aliphatic rings. The number of aliphatic hydroxyl groups is 1. The van der Waals surface area contributed by atoms with Gasteiger partial charge in [-0.25, -0.2) is 0 Å². The van der Waals surface area contributed by atoms with Crippen molar-refractivity contribution in [2.45, 2.75) is 96.8 Å². The van der Waals surface area contributed by atoms with Crippen LogP contribution in [0.4, 0.5) is 0 Å². The maximum absolute atomic E-state index is 10.1. The second kappa shape index (κ2) is 10.2. The molecule has 0 aliphatic heterocycles. The largest absolute Gasteiger partial charge is 0.388 e. The van der Waals surface area contributed by atoms with Gasteiger partial charge in [-0.1, -0.05) is 87.2 Å². The second-order valence-corrected chi connectivity index (χ2v) is 15.7. The van der Waals surface area contributed by atoms with E-state index in [1.807, 2.05) is 10.8 Å². The Balaban J connectivity index is 1.67. The van der Waals surface area contributed by atoms with E-state index in [2.05, 4.69) is 65.3 Å². The summed E-state index contributed by atoms with van der Waals surface area (Å²) in [6, 6.07) is 0. The Labute approximate surface area is 197 Å². The predicted octanol–water partition coefficient (Wildman–Crippen LogP) is 8.25. The Morgan fingerprint density at radius 3 is 2.74 bits per heavy atom. The van der Waals surface area contributed by atoms with Crippen molar-refractivity contribution in [3.63, 3.8) is 0 Å². The minimum absolute atomic E-state index is 0.189. The zero-order chi connectivity index (χ0) is 22.8. The molecule has 0 aromatic carbocycles. The van der Waals surface area contributed by atoms with E-state index in [1.54, 1.807) is 11.1 Å². The quantitative estimate of drug-likeness (QED) is 0.244. The Bertz CT molecular complexity index is 794. The molecule has 0 bridgehead atoms. The van der Waals surface area contributed by atoms with E-state index in [0.717, 1.165) is 24.8 Å². The van der Waals surface area contributed by atoms with Gasteiger partial charge in [-0.05, 0) is 85.5 Å². The maximum atomic E-state index is 10.1. The molecule has 4 unspecified atom stereocenters. The highest BCUT2D eigenvalue weighted by Gasteiger charge is 2.45. The van der Waals surface area contributed by atoms with Crippen molar-refractivity contribution in [3.05, 3.63) is 47.1 Å². The van der Waals surface area contributed by atoms with E-state index in [-0.39, 0.29) is 15.6 Å². The van der Waals surface area contributed by atoms with E-state index in [4.69, 9.17) is 0 Å². The SMILES string of the molecule is C=C1/C(=C\C=C2/CCCC3(C)C([C@H](C)CCS(=C)SC(C)(C)C)=CCC23)CCCC1O. The Morgan fingerprint density at radius 2 is 2.03 bits per heavy atom. The van der Waals surface area contributed by atoms with Gasteiger partial charge in [0.15, 0.2) is 0 Å². The summed E-state index contributed by atoms with van der Waals surface area (Å²) < 4.78 is 0.301. The summed E-state index contributed by atoms with van der Waals surface area (Å²) in [5, 5.41) is 10.1. The molecule has 174 valence electrons. The van der Waals surface area contributed by atoms with Gasteiger partial charge in [0.1, 0.15) is 0 Å². The molecule has 2 fully saturated rings. The molecule has 3 heteroatoms. The summed E-state index contributed by atoms with van der Waals surface area (Å²) in [6.07, 6.45) is 16.2. The average Bonchev–Trinajstić information content (AvgIpc) is 3.03. The molecule has 5 atom stereocenters. The fraction of sp³-hybridized carbons (Fsp3) is 0.679. The molecule has 0 aromatic heterocycles. The highest BCUT2D eigenvalue weighted by atomic mass is 33.1. The van der Waals surface area contributed by atoms with Gasteiger partial charge in [-0.15, -0.1) is 9.52 Å². The van der Waals surface area contributed by atoms with Crippen LogP contribution >= 0.6 is 20.3 Å². The molecule has 3 rings (SSSR count). The summed E-state index contributed by atoms with van der Waals surface area (Å²) in [5.74, 6) is 6.97. The van der Waals surface area contributed by atoms with Gasteiger partial charge in [0, 0.05) is 4.75 Å². The Morgan fingerprint density at radius 1 is 1.29 bits per heavy atom. The second-order valence-electron chi connectivity index (χ2n) is 11.1. The number of hydrogen-bond donors (Lipinski definition) is 1. The predicted molar refractivity (Wildman–Crippen MR) is 144 cm³/mol. The lowest BCUT2D eigenvalue weighted by Gasteiger charge is -2.42. The van der Waals surface area contributed by atoms with E-state index < -0.39 is 0 Å². The van der Waals surface area contributed by atoms with Crippen molar-refractivity contribution in [2.75, 3.05) is 5.75 Å². The Kier molecular flexibility index (Phi) is 8.25. The molecular weight excluding hydrogens is 416 g/mol. The first-order valence-electron chi connectivity index (χ1n) is 12.2.